The number of carbonyl (C=O) groups is 1. The van der Waals surface area contributed by atoms with Crippen LogP contribution in [0, 0.1) is 17.8 Å². The molecule has 1 rings (SSSR count). The van der Waals surface area contributed by atoms with Gasteiger partial charge in [0.05, 0.1) is 0 Å². The van der Waals surface area contributed by atoms with Crippen LogP contribution >= 0.6 is 0 Å². The van der Waals surface area contributed by atoms with Crippen LogP contribution in [0.2, 0.25) is 0 Å². The summed E-state index contributed by atoms with van der Waals surface area (Å²) in [6.07, 6.45) is 47.5. The summed E-state index contributed by atoms with van der Waals surface area (Å²) < 4.78 is 0. The molecule has 0 N–H and O–H groups in total. The van der Waals surface area contributed by atoms with E-state index < -0.39 is 0 Å². The van der Waals surface area contributed by atoms with Gasteiger partial charge in [0, 0.05) is 6.42 Å². The number of hydrogen-bond donors (Lipinski definition) is 0. The van der Waals surface area contributed by atoms with E-state index in [-0.39, 0.29) is 0 Å². The molecule has 0 spiro atoms. The number of carbonyl (C=O) groups excluding carboxylic acids is 1. The summed E-state index contributed by atoms with van der Waals surface area (Å²) in [6.45, 7) is 28.5. The molecule has 0 aromatic heterocycles. The Bertz CT molecular complexity index is 862. The van der Waals surface area contributed by atoms with E-state index in [4.69, 9.17) is 0 Å². The van der Waals surface area contributed by atoms with Crippen molar-refractivity contribution in [1.29, 1.82) is 0 Å². The minimum Gasteiger partial charge on any atom is -0.295 e. The molecular weight excluding hydrogens is 653 g/mol. The summed E-state index contributed by atoms with van der Waals surface area (Å²) >= 11 is 0. The van der Waals surface area contributed by atoms with Crippen LogP contribution in [0.15, 0.2) is 47.6 Å². The van der Waals surface area contributed by atoms with E-state index in [0.29, 0.717) is 5.78 Å². The molecule has 0 aromatic carbocycles. The van der Waals surface area contributed by atoms with Crippen LogP contribution in [0.1, 0.15) is 269 Å². The number of ketones is 1. The first-order chi connectivity index (χ1) is 26.2. The molecule has 0 aromatic rings. The van der Waals surface area contributed by atoms with E-state index in [2.05, 4.69) is 80.2 Å². The van der Waals surface area contributed by atoms with Crippen LogP contribution in [0.5, 0.6) is 0 Å². The predicted octanol–water partition coefficient (Wildman–Crippen LogP) is 19.3. The molecule has 2 atom stereocenters. The van der Waals surface area contributed by atoms with Gasteiger partial charge in [-0.25, -0.2) is 0 Å². The summed E-state index contributed by atoms with van der Waals surface area (Å²) in [6, 6.07) is 0. The Labute approximate surface area is 343 Å². The molecule has 2 unspecified atom stereocenters. The zero-order valence-electron chi connectivity index (χ0n) is 39.4. The first-order valence-electron chi connectivity index (χ1n) is 24.4. The fourth-order valence-electron chi connectivity index (χ4n) is 7.65. The number of unbranched alkanes of at least 4 members (excludes halogenated alkanes) is 14. The van der Waals surface area contributed by atoms with Crippen LogP contribution < -0.4 is 0 Å². The first-order valence-corrected chi connectivity index (χ1v) is 24.4. The lowest BCUT2D eigenvalue weighted by Gasteiger charge is -2.29. The molecule has 320 valence electrons. The monoisotopic (exact) mass is 755 g/mol. The third-order valence-corrected chi connectivity index (χ3v) is 11.4. The van der Waals surface area contributed by atoms with Crippen molar-refractivity contribution in [2.24, 2.45) is 17.8 Å². The normalized spacial score (nSPS) is 14.7. The van der Waals surface area contributed by atoms with E-state index in [0.717, 1.165) is 37.0 Å². The van der Waals surface area contributed by atoms with Gasteiger partial charge in [0.2, 0.25) is 0 Å². The zero-order valence-corrected chi connectivity index (χ0v) is 39.4. The van der Waals surface area contributed by atoms with E-state index in [9.17, 15) is 4.79 Å². The largest absolute Gasteiger partial charge is 0.295 e. The summed E-state index contributed by atoms with van der Waals surface area (Å²) in [4.78, 5) is 11.9. The highest BCUT2D eigenvalue weighted by Gasteiger charge is 2.21. The van der Waals surface area contributed by atoms with Gasteiger partial charge in [0.15, 0.2) is 5.78 Å². The summed E-state index contributed by atoms with van der Waals surface area (Å²) in [5.74, 6) is 3.03. The molecule has 0 aliphatic heterocycles. The lowest BCUT2D eigenvalue weighted by molar-refractivity contribution is -0.114. The van der Waals surface area contributed by atoms with E-state index >= 15 is 0 Å². The highest BCUT2D eigenvalue weighted by molar-refractivity contribution is 5.89. The van der Waals surface area contributed by atoms with Crippen molar-refractivity contribution in [2.45, 2.75) is 269 Å². The molecule has 0 fully saturated rings. The van der Waals surface area contributed by atoms with Crippen LogP contribution in [0.3, 0.4) is 0 Å². The Morgan fingerprint density at radius 1 is 0.685 bits per heavy atom. The molecule has 0 heterocycles. The number of rotatable bonds is 31. The van der Waals surface area contributed by atoms with Crippen molar-refractivity contribution >= 4 is 5.78 Å². The topological polar surface area (TPSA) is 17.1 Å². The standard InChI is InChI=1S/C24H46O.C14H26.C13H24.C2H6/c1-4-7-10-11-12-15-21-24(25)22-17-16-20-23(18-13-8-5-2)19-14-9-6-3;1-5-7-13-9-8-12(4)14(10-13)11(3)6-2;1-4-6-7-8-9-10-12-13(3)11-5-2;1-2/h17,22-23H,4-16,18-21H2,1-3H3;11,13H,5-10H2,1-4H3;5,11H,3-4,6-10,12H2,1-2H3;1-2H3/b22-17-;;11-5-;. The summed E-state index contributed by atoms with van der Waals surface area (Å²) in [5.41, 5.74) is 4.77. The maximum absolute atomic E-state index is 11.9. The maximum Gasteiger partial charge on any atom is 0.155 e. The van der Waals surface area contributed by atoms with Crippen molar-refractivity contribution in [1.82, 2.24) is 0 Å². The predicted molar refractivity (Wildman–Crippen MR) is 251 cm³/mol. The molecule has 0 radical (unpaired) electrons. The molecule has 0 saturated carbocycles. The second kappa shape index (κ2) is 46.0. The Balaban J connectivity index is -0.000000760. The van der Waals surface area contributed by atoms with Gasteiger partial charge >= 0.3 is 0 Å². The highest BCUT2D eigenvalue weighted by Crippen LogP contribution is 2.36. The lowest BCUT2D eigenvalue weighted by Crippen LogP contribution is -2.13. The highest BCUT2D eigenvalue weighted by atomic mass is 16.1. The molecule has 1 aliphatic rings. The van der Waals surface area contributed by atoms with Gasteiger partial charge in [0.25, 0.3) is 0 Å². The zero-order chi connectivity index (χ0) is 41.1. The van der Waals surface area contributed by atoms with Crippen LogP contribution in [0.25, 0.3) is 0 Å². The molecule has 1 nitrogen and oxygen atoms in total. The minimum absolute atomic E-state index is 0.337. The van der Waals surface area contributed by atoms with E-state index in [1.54, 1.807) is 11.1 Å². The third-order valence-electron chi connectivity index (χ3n) is 11.4. The number of allylic oxidation sites excluding steroid dienone is 7. The average Bonchev–Trinajstić information content (AvgIpc) is 3.18. The van der Waals surface area contributed by atoms with Crippen LogP contribution in [-0.4, -0.2) is 5.78 Å². The summed E-state index contributed by atoms with van der Waals surface area (Å²) in [7, 11) is 0. The van der Waals surface area contributed by atoms with Gasteiger partial charge in [0.1, 0.15) is 0 Å². The van der Waals surface area contributed by atoms with Crippen molar-refractivity contribution < 1.29 is 4.79 Å². The molecule has 54 heavy (non-hydrogen) atoms. The number of hydrogen-bond acceptors (Lipinski definition) is 1. The van der Waals surface area contributed by atoms with Gasteiger partial charge in [-0.15, -0.1) is 0 Å². The van der Waals surface area contributed by atoms with Gasteiger partial charge in [-0.05, 0) is 95.5 Å². The molecule has 0 amide bonds. The van der Waals surface area contributed by atoms with Gasteiger partial charge < -0.3 is 0 Å². The van der Waals surface area contributed by atoms with E-state index in [1.165, 1.54) is 179 Å². The van der Waals surface area contributed by atoms with Crippen molar-refractivity contribution in [3.63, 3.8) is 0 Å². The SMILES string of the molecule is C=C(/C=C\C)CCCCCCCC.CC.CCCC1CCC(C)=C(C(C)CC)C1.CCCCCCCCC(=O)/C=C\CCC(CCCCC)CCCCC. The quantitative estimate of drug-likeness (QED) is 0.0298. The van der Waals surface area contributed by atoms with Gasteiger partial charge in [-0.1, -0.05) is 232 Å². The second-order valence-corrected chi connectivity index (χ2v) is 16.5. The van der Waals surface area contributed by atoms with Crippen molar-refractivity contribution in [2.75, 3.05) is 0 Å². The third kappa shape index (κ3) is 38.9. The lowest BCUT2D eigenvalue weighted by atomic mass is 9.77. The fourth-order valence-corrected chi connectivity index (χ4v) is 7.65. The van der Waals surface area contributed by atoms with E-state index in [1.807, 2.05) is 26.8 Å². The first kappa shape index (κ1) is 57.0. The molecule has 1 aliphatic carbocycles. The van der Waals surface area contributed by atoms with Gasteiger partial charge in [-0.2, -0.15) is 0 Å². The second-order valence-electron chi connectivity index (χ2n) is 16.5. The Morgan fingerprint density at radius 2 is 1.19 bits per heavy atom. The van der Waals surface area contributed by atoms with Gasteiger partial charge in [-0.3, -0.25) is 4.79 Å². The minimum atomic E-state index is 0.337. The maximum atomic E-state index is 11.9. The fraction of sp³-hybridized carbons (Fsp3) is 0.830. The molecule has 0 saturated heterocycles. The van der Waals surface area contributed by atoms with Crippen molar-refractivity contribution in [3.8, 4) is 0 Å². The Hall–Kier alpha value is -1.37. The smallest absolute Gasteiger partial charge is 0.155 e. The molecular formula is C53H102O. The van der Waals surface area contributed by atoms with Crippen LogP contribution in [0.4, 0.5) is 0 Å². The Morgan fingerprint density at radius 3 is 1.69 bits per heavy atom. The Kier molecular flexibility index (Phi) is 48.5. The van der Waals surface area contributed by atoms with Crippen molar-refractivity contribution in [3.05, 3.63) is 47.6 Å². The molecule has 1 heteroatoms. The molecule has 0 bridgehead atoms. The average molecular weight is 755 g/mol. The van der Waals surface area contributed by atoms with Crippen LogP contribution in [-0.2, 0) is 4.79 Å². The summed E-state index contributed by atoms with van der Waals surface area (Å²) in [5, 5.41) is 0.